The predicted molar refractivity (Wildman–Crippen MR) is 42.0 cm³/mol. The first kappa shape index (κ1) is 10.3. The Balaban J connectivity index is 0.000000561. The fraction of sp³-hybridized carbons (Fsp3) is 0.286. The Hall–Kier alpha value is -1.65. The lowest BCUT2D eigenvalue weighted by atomic mass is 10.3. The molecule has 0 radical (unpaired) electrons. The summed E-state index contributed by atoms with van der Waals surface area (Å²) in [7, 11) is 0. The Morgan fingerprint density at radius 2 is 2.08 bits per heavy atom. The van der Waals surface area contributed by atoms with E-state index in [4.69, 9.17) is 10.2 Å². The van der Waals surface area contributed by atoms with Crippen molar-refractivity contribution in [1.29, 1.82) is 0 Å². The van der Waals surface area contributed by atoms with Gasteiger partial charge in [0.15, 0.2) is 0 Å². The Labute approximate surface area is 69.7 Å². The quantitative estimate of drug-likeness (QED) is 0.654. The number of hydrogen-bond donors (Lipinski definition) is 2. The number of aromatic carboxylic acids is 1. The third kappa shape index (κ3) is 2.53. The van der Waals surface area contributed by atoms with Crippen LogP contribution >= 0.6 is 0 Å². The van der Waals surface area contributed by atoms with Gasteiger partial charge in [0.2, 0.25) is 5.88 Å². The third-order valence-corrected chi connectivity index (χ3v) is 0.922. The molecule has 0 fully saturated rings. The van der Waals surface area contributed by atoms with Gasteiger partial charge in [0.05, 0.1) is 0 Å². The summed E-state index contributed by atoms with van der Waals surface area (Å²) in [5.74, 6) is -1.75. The highest BCUT2D eigenvalue weighted by molar-refractivity contribution is 5.89. The highest BCUT2D eigenvalue weighted by Crippen LogP contribution is 2.08. The van der Waals surface area contributed by atoms with E-state index in [-0.39, 0.29) is 5.56 Å². The van der Waals surface area contributed by atoms with Crippen molar-refractivity contribution < 1.29 is 15.0 Å². The van der Waals surface area contributed by atoms with E-state index in [0.717, 1.165) is 12.5 Å². The van der Waals surface area contributed by atoms with E-state index in [1.54, 1.807) is 0 Å². The maximum absolute atomic E-state index is 10.2. The van der Waals surface area contributed by atoms with E-state index in [2.05, 4.69) is 9.97 Å². The molecule has 0 spiro atoms. The lowest BCUT2D eigenvalue weighted by molar-refractivity contribution is 0.0692. The summed E-state index contributed by atoms with van der Waals surface area (Å²) in [6.07, 6.45) is 2.10. The Bertz CT molecular complexity index is 263. The first-order chi connectivity index (χ1) is 5.72. The molecule has 0 aliphatic heterocycles. The standard InChI is InChI=1S/C5H4N2O3.C2H6/c8-4-3(5(9)10)1-6-2-7-4;1-2/h1-2H,(H,9,10)(H,6,7,8);1-2H3. The Morgan fingerprint density at radius 3 is 2.42 bits per heavy atom. The van der Waals surface area contributed by atoms with Crippen molar-refractivity contribution >= 4 is 5.97 Å². The van der Waals surface area contributed by atoms with Gasteiger partial charge >= 0.3 is 5.97 Å². The van der Waals surface area contributed by atoms with Gasteiger partial charge in [-0.25, -0.2) is 14.8 Å². The fourth-order valence-corrected chi connectivity index (χ4v) is 0.474. The summed E-state index contributed by atoms with van der Waals surface area (Å²) in [4.78, 5) is 16.9. The van der Waals surface area contributed by atoms with Gasteiger partial charge in [-0.1, -0.05) is 13.8 Å². The summed E-state index contributed by atoms with van der Waals surface area (Å²) in [6, 6.07) is 0. The van der Waals surface area contributed by atoms with E-state index in [0.29, 0.717) is 0 Å². The van der Waals surface area contributed by atoms with Crippen LogP contribution in [0.4, 0.5) is 0 Å². The summed E-state index contributed by atoms with van der Waals surface area (Å²) >= 11 is 0. The summed E-state index contributed by atoms with van der Waals surface area (Å²) in [5.41, 5.74) is -0.289. The number of nitrogens with zero attached hydrogens (tertiary/aromatic N) is 2. The number of carboxylic acids is 1. The molecular formula is C7H10N2O3. The van der Waals surface area contributed by atoms with E-state index in [1.807, 2.05) is 13.8 Å². The van der Waals surface area contributed by atoms with Crippen LogP contribution in [-0.4, -0.2) is 26.2 Å². The molecule has 2 N–H and O–H groups in total. The highest BCUT2D eigenvalue weighted by Gasteiger charge is 2.08. The number of carbonyl (C=O) groups is 1. The Morgan fingerprint density at radius 1 is 1.50 bits per heavy atom. The molecule has 1 rings (SSSR count). The molecule has 0 atom stereocenters. The predicted octanol–water partition coefficient (Wildman–Crippen LogP) is 0.907. The average Bonchev–Trinajstić information content (AvgIpc) is 2.08. The smallest absolute Gasteiger partial charge is 0.342 e. The van der Waals surface area contributed by atoms with Crippen LogP contribution in [0.25, 0.3) is 0 Å². The van der Waals surface area contributed by atoms with Gasteiger partial charge in [-0.05, 0) is 0 Å². The molecule has 0 aliphatic rings. The van der Waals surface area contributed by atoms with E-state index in [9.17, 15) is 4.79 Å². The van der Waals surface area contributed by atoms with Crippen LogP contribution in [0.1, 0.15) is 24.2 Å². The van der Waals surface area contributed by atoms with Crippen molar-refractivity contribution in [3.63, 3.8) is 0 Å². The van der Waals surface area contributed by atoms with Crippen LogP contribution in [0.15, 0.2) is 12.5 Å². The molecule has 0 aromatic carbocycles. The van der Waals surface area contributed by atoms with Gasteiger partial charge in [0, 0.05) is 6.20 Å². The molecule has 0 bridgehead atoms. The molecule has 5 heteroatoms. The zero-order valence-corrected chi connectivity index (χ0v) is 6.85. The molecule has 0 unspecified atom stereocenters. The fourth-order valence-electron chi connectivity index (χ4n) is 0.474. The van der Waals surface area contributed by atoms with Crippen molar-refractivity contribution in [2.75, 3.05) is 0 Å². The second kappa shape index (κ2) is 5.06. The van der Waals surface area contributed by atoms with Crippen molar-refractivity contribution in [3.8, 4) is 5.88 Å². The third-order valence-electron chi connectivity index (χ3n) is 0.922. The Kier molecular flexibility index (Phi) is 4.36. The van der Waals surface area contributed by atoms with Gasteiger partial charge in [-0.3, -0.25) is 0 Å². The van der Waals surface area contributed by atoms with Crippen molar-refractivity contribution in [1.82, 2.24) is 9.97 Å². The first-order valence-electron chi connectivity index (χ1n) is 3.44. The van der Waals surface area contributed by atoms with Gasteiger partial charge in [-0.2, -0.15) is 0 Å². The number of aromatic hydroxyl groups is 1. The van der Waals surface area contributed by atoms with Crippen LogP contribution in [-0.2, 0) is 0 Å². The molecule has 0 amide bonds. The van der Waals surface area contributed by atoms with E-state index in [1.165, 1.54) is 0 Å². The first-order valence-corrected chi connectivity index (χ1v) is 3.44. The average molecular weight is 170 g/mol. The van der Waals surface area contributed by atoms with E-state index >= 15 is 0 Å². The number of rotatable bonds is 1. The zero-order chi connectivity index (χ0) is 9.56. The van der Waals surface area contributed by atoms with Crippen LogP contribution < -0.4 is 0 Å². The molecule has 5 nitrogen and oxygen atoms in total. The maximum Gasteiger partial charge on any atom is 0.342 e. The van der Waals surface area contributed by atoms with Crippen LogP contribution in [0, 0.1) is 0 Å². The van der Waals surface area contributed by atoms with Crippen LogP contribution in [0.3, 0.4) is 0 Å². The molecular weight excluding hydrogens is 160 g/mol. The molecule has 0 saturated heterocycles. The van der Waals surface area contributed by atoms with Gasteiger partial charge in [-0.15, -0.1) is 0 Å². The second-order valence-electron chi connectivity index (χ2n) is 1.57. The normalized spacial score (nSPS) is 8.17. The van der Waals surface area contributed by atoms with Crippen molar-refractivity contribution in [2.45, 2.75) is 13.8 Å². The maximum atomic E-state index is 10.2. The van der Waals surface area contributed by atoms with E-state index < -0.39 is 11.8 Å². The number of aromatic nitrogens is 2. The lowest BCUT2D eigenvalue weighted by Crippen LogP contribution is -1.98. The van der Waals surface area contributed by atoms with Crippen LogP contribution in [0.5, 0.6) is 5.88 Å². The summed E-state index contributed by atoms with van der Waals surface area (Å²) in [5, 5.41) is 17.1. The molecule has 66 valence electrons. The SMILES string of the molecule is CC.O=C(O)c1cncnc1O. The molecule has 12 heavy (non-hydrogen) atoms. The van der Waals surface area contributed by atoms with Crippen molar-refractivity contribution in [2.24, 2.45) is 0 Å². The minimum absolute atomic E-state index is 0.289. The zero-order valence-electron chi connectivity index (χ0n) is 6.85. The molecule has 1 aromatic rings. The van der Waals surface area contributed by atoms with Gasteiger partial charge in [0.25, 0.3) is 0 Å². The lowest BCUT2D eigenvalue weighted by Gasteiger charge is -1.93. The number of carboxylic acid groups (broad SMARTS) is 1. The topological polar surface area (TPSA) is 83.3 Å². The largest absolute Gasteiger partial charge is 0.493 e. The molecule has 1 heterocycles. The van der Waals surface area contributed by atoms with Crippen molar-refractivity contribution in [3.05, 3.63) is 18.1 Å². The minimum atomic E-state index is -1.24. The summed E-state index contributed by atoms with van der Waals surface area (Å²) in [6.45, 7) is 4.00. The second-order valence-corrected chi connectivity index (χ2v) is 1.57. The van der Waals surface area contributed by atoms with Crippen LogP contribution in [0.2, 0.25) is 0 Å². The molecule has 0 saturated carbocycles. The minimum Gasteiger partial charge on any atom is -0.493 e. The molecule has 1 aromatic heterocycles. The summed E-state index contributed by atoms with van der Waals surface area (Å²) < 4.78 is 0. The monoisotopic (exact) mass is 170 g/mol. The number of hydrogen-bond acceptors (Lipinski definition) is 4. The molecule has 0 aliphatic carbocycles. The van der Waals surface area contributed by atoms with Gasteiger partial charge in [0.1, 0.15) is 11.9 Å². The van der Waals surface area contributed by atoms with Gasteiger partial charge < -0.3 is 10.2 Å². The highest BCUT2D eigenvalue weighted by atomic mass is 16.4.